The van der Waals surface area contributed by atoms with Crippen molar-refractivity contribution in [1.82, 2.24) is 0 Å². The lowest BCUT2D eigenvalue weighted by atomic mass is 10.1. The molecule has 0 fully saturated rings. The molecule has 0 amide bonds. The summed E-state index contributed by atoms with van der Waals surface area (Å²) in [6.07, 6.45) is 0.0214. The maximum Gasteiger partial charge on any atom is 0.0890 e. The SMILES string of the molecule is [2H][2H].[2H][2H].[2H][2H].[2H][2H].[N-]=[N+]=N[C@H]1c2ccccc2C[C@H]1O. The van der Waals surface area contributed by atoms with Crippen molar-refractivity contribution in [2.75, 3.05) is 0 Å². The number of aliphatic hydroxyl groups is 1. The minimum absolute atomic E-state index is 0.402. The van der Waals surface area contributed by atoms with Gasteiger partial charge in [0.2, 0.25) is 0 Å². The molecule has 1 aliphatic carbocycles. The molecule has 1 N–H and O–H groups in total. The number of benzene rings is 1. The summed E-state index contributed by atoms with van der Waals surface area (Å²) in [4.78, 5) is 2.73. The highest BCUT2D eigenvalue weighted by atomic mass is 16.3. The predicted octanol–water partition coefficient (Wildman–Crippen LogP) is 2.94. The van der Waals surface area contributed by atoms with Gasteiger partial charge in [-0.2, -0.15) is 0 Å². The summed E-state index contributed by atoms with van der Waals surface area (Å²) in [5, 5.41) is 13.2. The van der Waals surface area contributed by atoms with Crippen molar-refractivity contribution in [2.24, 2.45) is 5.11 Å². The molecule has 0 radical (unpaired) electrons. The second-order valence-corrected chi connectivity index (χ2v) is 3.12. The Morgan fingerprint density at radius 1 is 1.62 bits per heavy atom. The summed E-state index contributed by atoms with van der Waals surface area (Å²) in [7, 11) is 0. The fourth-order valence-corrected chi connectivity index (χ4v) is 1.75. The first-order chi connectivity index (χ1) is 10.3. The Kier molecular flexibility index (Phi) is 1.10. The lowest BCUT2D eigenvalue weighted by Crippen LogP contribution is -2.10. The molecule has 1 aromatic carbocycles. The van der Waals surface area contributed by atoms with Gasteiger partial charge in [0.15, 0.2) is 0 Å². The molecule has 1 aromatic rings. The Morgan fingerprint density at radius 3 is 3.15 bits per heavy atom. The highest BCUT2D eigenvalue weighted by Gasteiger charge is 2.29. The van der Waals surface area contributed by atoms with E-state index in [1.54, 1.807) is 0 Å². The van der Waals surface area contributed by atoms with E-state index in [0.29, 0.717) is 6.42 Å². The Morgan fingerprint density at radius 2 is 2.38 bits per heavy atom. The van der Waals surface area contributed by atoms with Crippen LogP contribution in [0, 0.1) is 0 Å². The van der Waals surface area contributed by atoms with Crippen LogP contribution in [0.2, 0.25) is 0 Å². The van der Waals surface area contributed by atoms with Crippen LogP contribution in [0.1, 0.15) is 29.0 Å². The van der Waals surface area contributed by atoms with Gasteiger partial charge in [0.25, 0.3) is 0 Å². The topological polar surface area (TPSA) is 69.0 Å². The van der Waals surface area contributed by atoms with Gasteiger partial charge < -0.3 is 5.11 Å². The van der Waals surface area contributed by atoms with Gasteiger partial charge >= 0.3 is 0 Å². The molecule has 2 rings (SSSR count). The van der Waals surface area contributed by atoms with E-state index in [1.165, 1.54) is 0 Å². The average molecular weight is 191 g/mol. The predicted molar refractivity (Wildman–Crippen MR) is 56.5 cm³/mol. The zero-order chi connectivity index (χ0) is 17.3. The molecule has 4 heteroatoms. The van der Waals surface area contributed by atoms with E-state index in [9.17, 15) is 5.11 Å². The van der Waals surface area contributed by atoms with Crippen molar-refractivity contribution < 1.29 is 17.0 Å². The van der Waals surface area contributed by atoms with E-state index in [-0.39, 0.29) is 0 Å². The standard InChI is InChI=1S/C9H9N3O.4H2/c10-12-11-9-7-4-2-1-3-6(7)5-8(9)13;;;;/h1-4,8-9,13H,5H2;4*1H/t8-,9+;;;;/m1..../s1/i;4*1+1D. The largest absolute Gasteiger partial charge is 0.392 e. The van der Waals surface area contributed by atoms with E-state index in [1.807, 2.05) is 24.3 Å². The number of azide groups is 1. The molecule has 0 spiro atoms. The van der Waals surface area contributed by atoms with Crippen LogP contribution >= 0.6 is 0 Å². The van der Waals surface area contributed by atoms with E-state index >= 15 is 0 Å². The smallest absolute Gasteiger partial charge is 0.0890 e. The third-order valence-corrected chi connectivity index (χ3v) is 2.34. The molecule has 1 aliphatic rings. The average Bonchev–Trinajstić information content (AvgIpc) is 2.91. The van der Waals surface area contributed by atoms with Crippen LogP contribution in [-0.2, 0) is 6.42 Å². The van der Waals surface area contributed by atoms with Crippen LogP contribution in [0.15, 0.2) is 29.4 Å². The molecular formula is C9H17N3O. The first-order valence-electron chi connectivity index (χ1n) is 8.13. The molecule has 0 saturated carbocycles. The molecule has 13 heavy (non-hydrogen) atoms. The van der Waals surface area contributed by atoms with Crippen molar-refractivity contribution in [3.05, 3.63) is 45.8 Å². The monoisotopic (exact) mass is 191 g/mol. The molecule has 0 bridgehead atoms. The van der Waals surface area contributed by atoms with E-state index in [0.717, 1.165) is 11.1 Å². The third-order valence-electron chi connectivity index (χ3n) is 2.34. The van der Waals surface area contributed by atoms with E-state index in [4.69, 9.17) is 17.4 Å². The molecule has 0 saturated heterocycles. The number of rotatable bonds is 1. The summed E-state index contributed by atoms with van der Waals surface area (Å²) in [6.45, 7) is 0. The molecule has 0 aromatic heterocycles. The zero-order valence-corrected chi connectivity index (χ0v) is 6.96. The Bertz CT molecular complexity index is 391. The third kappa shape index (κ3) is 1.26. The summed E-state index contributed by atoms with van der Waals surface area (Å²) in [6, 6.07) is 7.25. The van der Waals surface area contributed by atoms with Gasteiger partial charge in [-0.25, -0.2) is 0 Å². The van der Waals surface area contributed by atoms with Gasteiger partial charge in [-0.1, -0.05) is 29.4 Å². The van der Waals surface area contributed by atoms with Gasteiger partial charge in [-0.05, 0) is 23.1 Å². The van der Waals surface area contributed by atoms with Crippen molar-refractivity contribution in [3.8, 4) is 0 Å². The molecular weight excluding hydrogens is 166 g/mol. The van der Waals surface area contributed by atoms with E-state index < -0.39 is 12.1 Å². The van der Waals surface area contributed by atoms with Crippen LogP contribution in [-0.4, -0.2) is 11.2 Å². The number of hydrogen-bond donors (Lipinski definition) is 1. The van der Waals surface area contributed by atoms with Crippen molar-refractivity contribution in [1.29, 1.82) is 0 Å². The fourth-order valence-electron chi connectivity index (χ4n) is 1.75. The highest BCUT2D eigenvalue weighted by molar-refractivity contribution is 5.36. The summed E-state index contributed by atoms with van der Waals surface area (Å²) in [5.74, 6) is 0. The summed E-state index contributed by atoms with van der Waals surface area (Å²) in [5.41, 5.74) is 10.3. The van der Waals surface area contributed by atoms with Crippen LogP contribution in [0.25, 0.3) is 10.4 Å². The minimum Gasteiger partial charge on any atom is -0.392 e. The quantitative estimate of drug-likeness (QED) is 0.414. The van der Waals surface area contributed by atoms with Gasteiger partial charge in [-0.15, -0.1) is 0 Å². The number of hydrogen-bond acceptors (Lipinski definition) is 2. The fraction of sp³-hybridized carbons (Fsp3) is 0.333. The first kappa shape index (κ1) is 4.65. The van der Waals surface area contributed by atoms with Gasteiger partial charge in [0.05, 0.1) is 12.1 Å². The van der Waals surface area contributed by atoms with Gasteiger partial charge in [0.1, 0.15) is 0 Å². The second-order valence-electron chi connectivity index (χ2n) is 3.12. The minimum atomic E-state index is -0.562. The lowest BCUT2D eigenvalue weighted by molar-refractivity contribution is 0.158. The van der Waals surface area contributed by atoms with Gasteiger partial charge in [-0.3, -0.25) is 0 Å². The second kappa shape index (κ2) is 3.09. The van der Waals surface area contributed by atoms with Crippen LogP contribution in [0.3, 0.4) is 0 Å². The number of fused-ring (bicyclic) bond motifs is 1. The maximum atomic E-state index is 9.58. The molecule has 0 heterocycles. The number of aliphatic hydroxyl groups excluding tert-OH is 1. The summed E-state index contributed by atoms with van der Waals surface area (Å²) >= 11 is 0. The summed E-state index contributed by atoms with van der Waals surface area (Å²) < 4.78 is 40.0. The van der Waals surface area contributed by atoms with Crippen LogP contribution in [0.5, 0.6) is 0 Å². The Labute approximate surface area is 87.8 Å². The number of nitrogens with zero attached hydrogens (tertiary/aromatic N) is 3. The maximum absolute atomic E-state index is 9.58. The lowest BCUT2D eigenvalue weighted by Gasteiger charge is -2.07. The Hall–Kier alpha value is -1.51. The normalized spacial score (nSPS) is 27.5. The highest BCUT2D eigenvalue weighted by Crippen LogP contribution is 2.34. The molecule has 74 valence electrons. The van der Waals surface area contributed by atoms with Crippen molar-refractivity contribution in [2.45, 2.75) is 18.6 Å². The van der Waals surface area contributed by atoms with E-state index in [2.05, 4.69) is 10.0 Å². The Balaban J connectivity index is -0.000000353. The van der Waals surface area contributed by atoms with Crippen molar-refractivity contribution >= 4 is 0 Å². The molecule has 0 unspecified atom stereocenters. The zero-order valence-electron chi connectivity index (χ0n) is 15.0. The van der Waals surface area contributed by atoms with Crippen LogP contribution < -0.4 is 0 Å². The molecule has 4 nitrogen and oxygen atoms in total. The van der Waals surface area contributed by atoms with Crippen LogP contribution in [0.4, 0.5) is 0 Å². The molecule has 2 atom stereocenters. The first-order valence-corrected chi connectivity index (χ1v) is 4.13. The molecule has 0 aliphatic heterocycles. The van der Waals surface area contributed by atoms with Gasteiger partial charge in [0, 0.05) is 16.8 Å². The van der Waals surface area contributed by atoms with Crippen molar-refractivity contribution in [3.63, 3.8) is 0 Å².